The lowest BCUT2D eigenvalue weighted by molar-refractivity contribution is 0.0145. The van der Waals surface area contributed by atoms with Crippen LogP contribution in [0.3, 0.4) is 0 Å². The highest BCUT2D eigenvalue weighted by atomic mass is 127. The van der Waals surface area contributed by atoms with Gasteiger partial charge < -0.3 is 19.9 Å². The number of ether oxygens (including phenoxy) is 1. The zero-order valence-electron chi connectivity index (χ0n) is 18.4. The van der Waals surface area contributed by atoms with Crippen molar-refractivity contribution in [2.24, 2.45) is 10.9 Å². The Balaban J connectivity index is 0.00000392. The van der Waals surface area contributed by atoms with Crippen molar-refractivity contribution in [3.63, 3.8) is 0 Å². The van der Waals surface area contributed by atoms with E-state index < -0.39 is 5.60 Å². The van der Waals surface area contributed by atoms with Crippen LogP contribution in [-0.4, -0.2) is 91.8 Å². The number of piperazine rings is 1. The third kappa shape index (κ3) is 8.71. The first-order chi connectivity index (χ1) is 12.8. The van der Waals surface area contributed by atoms with Crippen LogP contribution in [0.1, 0.15) is 47.0 Å². The Labute approximate surface area is 188 Å². The molecule has 0 aromatic rings. The molecule has 28 heavy (non-hydrogen) atoms. The molecule has 8 heteroatoms. The Bertz CT molecular complexity index is 501. The number of guanidine groups is 1. The van der Waals surface area contributed by atoms with Crippen LogP contribution in [0.25, 0.3) is 0 Å². The minimum Gasteiger partial charge on any atom is -0.444 e. The van der Waals surface area contributed by atoms with Gasteiger partial charge in [-0.3, -0.25) is 9.89 Å². The fourth-order valence-corrected chi connectivity index (χ4v) is 3.70. The van der Waals surface area contributed by atoms with Crippen LogP contribution < -0.4 is 5.32 Å². The summed E-state index contributed by atoms with van der Waals surface area (Å²) in [6, 6.07) is 0. The summed E-state index contributed by atoms with van der Waals surface area (Å²) in [5.74, 6) is 1.79. The van der Waals surface area contributed by atoms with E-state index in [4.69, 9.17) is 4.74 Å². The highest BCUT2D eigenvalue weighted by Crippen LogP contribution is 2.15. The third-order valence-electron chi connectivity index (χ3n) is 5.13. The first-order valence-electron chi connectivity index (χ1n) is 10.4. The van der Waals surface area contributed by atoms with Gasteiger partial charge in [0, 0.05) is 52.9 Å². The van der Waals surface area contributed by atoms with E-state index in [1.165, 1.54) is 12.8 Å². The first-order valence-corrected chi connectivity index (χ1v) is 10.4. The molecule has 7 nitrogen and oxygen atoms in total. The molecule has 0 radical (unpaired) electrons. The predicted octanol–water partition coefficient (Wildman–Crippen LogP) is 2.85. The van der Waals surface area contributed by atoms with Crippen molar-refractivity contribution in [3.05, 3.63) is 0 Å². The van der Waals surface area contributed by atoms with Crippen molar-refractivity contribution in [1.29, 1.82) is 0 Å². The third-order valence-corrected chi connectivity index (χ3v) is 5.13. The van der Waals surface area contributed by atoms with E-state index in [0.29, 0.717) is 0 Å². The number of amides is 1. The minimum atomic E-state index is -0.426. The van der Waals surface area contributed by atoms with Gasteiger partial charge in [-0.1, -0.05) is 6.92 Å². The van der Waals surface area contributed by atoms with Crippen LogP contribution in [0.15, 0.2) is 4.99 Å². The maximum Gasteiger partial charge on any atom is 0.410 e. The van der Waals surface area contributed by atoms with E-state index in [0.717, 1.165) is 70.7 Å². The lowest BCUT2D eigenvalue weighted by Crippen LogP contribution is -2.50. The molecular formula is C20H40IN5O2. The van der Waals surface area contributed by atoms with Crippen LogP contribution in [-0.2, 0) is 4.74 Å². The molecule has 1 amide bonds. The van der Waals surface area contributed by atoms with Crippen molar-refractivity contribution in [1.82, 2.24) is 20.0 Å². The van der Waals surface area contributed by atoms with E-state index in [2.05, 4.69) is 27.0 Å². The molecule has 0 aromatic carbocycles. The quantitative estimate of drug-likeness (QED) is 0.274. The van der Waals surface area contributed by atoms with E-state index in [9.17, 15) is 4.79 Å². The van der Waals surface area contributed by atoms with Crippen molar-refractivity contribution in [2.75, 3.05) is 59.4 Å². The lowest BCUT2D eigenvalue weighted by Gasteiger charge is -2.36. The molecule has 2 rings (SSSR count). The fraction of sp³-hybridized carbons (Fsp3) is 0.900. The summed E-state index contributed by atoms with van der Waals surface area (Å²) in [7, 11) is 1.87. The Hall–Kier alpha value is -0.770. The maximum atomic E-state index is 12.1. The van der Waals surface area contributed by atoms with E-state index in [1.54, 1.807) is 0 Å². The number of carbonyl (C=O) groups is 1. The summed E-state index contributed by atoms with van der Waals surface area (Å²) in [6.45, 7) is 15.6. The smallest absolute Gasteiger partial charge is 0.410 e. The highest BCUT2D eigenvalue weighted by molar-refractivity contribution is 14.0. The summed E-state index contributed by atoms with van der Waals surface area (Å²) in [4.78, 5) is 23.2. The molecule has 2 saturated heterocycles. The second-order valence-electron chi connectivity index (χ2n) is 8.83. The predicted molar refractivity (Wildman–Crippen MR) is 126 cm³/mol. The molecule has 2 aliphatic heterocycles. The number of likely N-dealkylation sites (tertiary alicyclic amines) is 1. The molecule has 0 bridgehead atoms. The number of piperidine rings is 1. The molecule has 2 fully saturated rings. The van der Waals surface area contributed by atoms with E-state index >= 15 is 0 Å². The minimum absolute atomic E-state index is 0. The second kappa shape index (κ2) is 12.0. The van der Waals surface area contributed by atoms with Crippen LogP contribution >= 0.6 is 24.0 Å². The Morgan fingerprint density at radius 3 is 2.39 bits per heavy atom. The van der Waals surface area contributed by atoms with Gasteiger partial charge in [0.15, 0.2) is 5.96 Å². The molecule has 1 unspecified atom stereocenters. The van der Waals surface area contributed by atoms with Crippen LogP contribution in [0, 0.1) is 5.92 Å². The van der Waals surface area contributed by atoms with Gasteiger partial charge in [-0.25, -0.2) is 4.79 Å². The lowest BCUT2D eigenvalue weighted by atomic mass is 10.0. The number of halogens is 1. The second-order valence-corrected chi connectivity index (χ2v) is 8.83. The van der Waals surface area contributed by atoms with Gasteiger partial charge in [-0.05, 0) is 52.5 Å². The average molecular weight is 509 g/mol. The Morgan fingerprint density at radius 1 is 1.14 bits per heavy atom. The van der Waals surface area contributed by atoms with Crippen LogP contribution in [0.5, 0.6) is 0 Å². The number of nitrogens with zero attached hydrogens (tertiary/aromatic N) is 4. The van der Waals surface area contributed by atoms with Gasteiger partial charge >= 0.3 is 6.09 Å². The van der Waals surface area contributed by atoms with Crippen molar-refractivity contribution >= 4 is 36.0 Å². The average Bonchev–Trinajstić information content (AvgIpc) is 2.61. The van der Waals surface area contributed by atoms with Crippen molar-refractivity contribution in [3.8, 4) is 0 Å². The highest BCUT2D eigenvalue weighted by Gasteiger charge is 2.25. The van der Waals surface area contributed by atoms with Gasteiger partial charge in [-0.2, -0.15) is 0 Å². The van der Waals surface area contributed by atoms with Gasteiger partial charge in [0.2, 0.25) is 0 Å². The summed E-state index contributed by atoms with van der Waals surface area (Å²) in [5, 5.41) is 3.52. The monoisotopic (exact) mass is 509 g/mol. The van der Waals surface area contributed by atoms with Crippen LogP contribution in [0.2, 0.25) is 0 Å². The number of hydrogen-bond donors (Lipinski definition) is 1. The van der Waals surface area contributed by atoms with Gasteiger partial charge in [0.05, 0.1) is 0 Å². The molecule has 0 aliphatic carbocycles. The first kappa shape index (κ1) is 25.3. The summed E-state index contributed by atoms with van der Waals surface area (Å²) in [6.07, 6.45) is 3.46. The van der Waals surface area contributed by atoms with Crippen molar-refractivity contribution < 1.29 is 9.53 Å². The number of hydrogen-bond acceptors (Lipinski definition) is 4. The van der Waals surface area contributed by atoms with E-state index in [-0.39, 0.29) is 30.1 Å². The van der Waals surface area contributed by atoms with Crippen molar-refractivity contribution in [2.45, 2.75) is 52.6 Å². The molecule has 0 spiro atoms. The fourth-order valence-electron chi connectivity index (χ4n) is 3.70. The summed E-state index contributed by atoms with van der Waals surface area (Å²) >= 11 is 0. The Morgan fingerprint density at radius 2 is 1.82 bits per heavy atom. The van der Waals surface area contributed by atoms with E-state index in [1.807, 2.05) is 32.7 Å². The molecule has 1 N–H and O–H groups in total. The molecule has 2 aliphatic rings. The molecule has 0 saturated carbocycles. The zero-order chi connectivity index (χ0) is 19.9. The van der Waals surface area contributed by atoms with Crippen LogP contribution in [0.4, 0.5) is 4.79 Å². The number of aliphatic imine (C=N–C) groups is 1. The topological polar surface area (TPSA) is 60.4 Å². The molecular weight excluding hydrogens is 469 g/mol. The molecule has 164 valence electrons. The normalized spacial score (nSPS) is 21.9. The largest absolute Gasteiger partial charge is 0.444 e. The maximum absolute atomic E-state index is 12.1. The molecule has 1 atom stereocenters. The standard InChI is InChI=1S/C20H39N5O2.HI/c1-17-8-6-11-25(16-17)18(21-5)22-9-7-10-23-12-14-24(15-13-23)19(26)27-20(2,3)4;/h17H,6-16H2,1-5H3,(H,21,22);1H. The summed E-state index contributed by atoms with van der Waals surface area (Å²) in [5.41, 5.74) is -0.426. The number of carbonyl (C=O) groups excluding carboxylic acids is 1. The molecule has 2 heterocycles. The SMILES string of the molecule is CN=C(NCCCN1CCN(C(=O)OC(C)(C)C)CC1)N1CCCC(C)C1.I. The van der Waals surface area contributed by atoms with Gasteiger partial charge in [0.25, 0.3) is 0 Å². The number of rotatable bonds is 4. The van der Waals surface area contributed by atoms with Gasteiger partial charge in [0.1, 0.15) is 5.60 Å². The summed E-state index contributed by atoms with van der Waals surface area (Å²) < 4.78 is 5.46. The number of nitrogens with one attached hydrogen (secondary N) is 1. The Kier molecular flexibility index (Phi) is 10.9. The molecule has 0 aromatic heterocycles. The van der Waals surface area contributed by atoms with Gasteiger partial charge in [-0.15, -0.1) is 24.0 Å². The zero-order valence-corrected chi connectivity index (χ0v) is 20.7.